The Morgan fingerprint density at radius 2 is 1.56 bits per heavy atom. The van der Waals surface area contributed by atoms with Crippen LogP contribution in [0.3, 0.4) is 0 Å². The lowest BCUT2D eigenvalue weighted by atomic mass is 10.0. The molecule has 0 aliphatic heterocycles. The van der Waals surface area contributed by atoms with Crippen LogP contribution in [0.5, 0.6) is 0 Å². The van der Waals surface area contributed by atoms with E-state index in [2.05, 4.69) is 28.1 Å². The summed E-state index contributed by atoms with van der Waals surface area (Å²) in [6.45, 7) is 0. The van der Waals surface area contributed by atoms with Gasteiger partial charge >= 0.3 is 0 Å². The Bertz CT molecular complexity index is 849. The third-order valence-electron chi connectivity index (χ3n) is 3.90. The normalized spacial score (nSPS) is 11.9. The van der Waals surface area contributed by atoms with Crippen molar-refractivity contribution >= 4 is 39.2 Å². The Hall–Kier alpha value is -2.04. The quantitative estimate of drug-likeness (QED) is 0.301. The molecule has 2 N–H and O–H groups in total. The van der Waals surface area contributed by atoms with E-state index in [0.717, 1.165) is 26.2 Å². The van der Waals surface area contributed by atoms with Crippen molar-refractivity contribution in [3.05, 3.63) is 94.5 Å². The SMILES string of the molecule is Nc1ccccc1S[C@@H](CC(=O)c1ccc(Br)cc1)c1ccccc1. The van der Waals surface area contributed by atoms with E-state index < -0.39 is 0 Å². The summed E-state index contributed by atoms with van der Waals surface area (Å²) in [5, 5.41) is 0.0158. The molecular formula is C21H18BrNOS. The zero-order valence-electron chi connectivity index (χ0n) is 13.6. The minimum absolute atomic E-state index is 0.0158. The number of halogens is 1. The summed E-state index contributed by atoms with van der Waals surface area (Å²) in [5.41, 5.74) is 8.69. The molecule has 0 spiro atoms. The molecule has 0 aliphatic rings. The van der Waals surface area contributed by atoms with Gasteiger partial charge < -0.3 is 5.73 Å². The van der Waals surface area contributed by atoms with Crippen molar-refractivity contribution < 1.29 is 4.79 Å². The topological polar surface area (TPSA) is 43.1 Å². The number of thioether (sulfide) groups is 1. The number of benzene rings is 3. The fraction of sp³-hybridized carbons (Fsp3) is 0.0952. The molecule has 126 valence electrons. The van der Waals surface area contributed by atoms with Crippen molar-refractivity contribution in [2.45, 2.75) is 16.6 Å². The molecule has 4 heteroatoms. The van der Waals surface area contributed by atoms with Gasteiger partial charge in [-0.15, -0.1) is 11.8 Å². The molecule has 2 nitrogen and oxygen atoms in total. The van der Waals surface area contributed by atoms with Gasteiger partial charge in [-0.1, -0.05) is 70.5 Å². The third-order valence-corrected chi connectivity index (χ3v) is 5.77. The Morgan fingerprint density at radius 3 is 2.24 bits per heavy atom. The van der Waals surface area contributed by atoms with Crippen LogP contribution in [0, 0.1) is 0 Å². The molecule has 0 heterocycles. The Balaban J connectivity index is 1.85. The third kappa shape index (κ3) is 4.74. The van der Waals surface area contributed by atoms with E-state index in [9.17, 15) is 4.79 Å². The van der Waals surface area contributed by atoms with Gasteiger partial charge in [0.2, 0.25) is 0 Å². The smallest absolute Gasteiger partial charge is 0.164 e. The largest absolute Gasteiger partial charge is 0.398 e. The van der Waals surface area contributed by atoms with Gasteiger partial charge in [-0.2, -0.15) is 0 Å². The van der Waals surface area contributed by atoms with Crippen molar-refractivity contribution in [2.75, 3.05) is 5.73 Å². The zero-order chi connectivity index (χ0) is 17.6. The summed E-state index contributed by atoms with van der Waals surface area (Å²) in [6, 6.07) is 25.4. The lowest BCUT2D eigenvalue weighted by Crippen LogP contribution is -2.06. The first-order chi connectivity index (χ1) is 12.1. The Labute approximate surface area is 160 Å². The number of rotatable bonds is 6. The van der Waals surface area contributed by atoms with Crippen molar-refractivity contribution in [2.24, 2.45) is 0 Å². The summed E-state index contributed by atoms with van der Waals surface area (Å²) in [4.78, 5) is 13.8. The van der Waals surface area contributed by atoms with Gasteiger partial charge in [0.25, 0.3) is 0 Å². The highest BCUT2D eigenvalue weighted by Crippen LogP contribution is 2.40. The fourth-order valence-electron chi connectivity index (χ4n) is 2.56. The summed E-state index contributed by atoms with van der Waals surface area (Å²) in [5.74, 6) is 0.128. The van der Waals surface area contributed by atoms with Crippen LogP contribution in [0.4, 0.5) is 5.69 Å². The number of nitrogens with two attached hydrogens (primary N) is 1. The molecule has 0 saturated heterocycles. The Morgan fingerprint density at radius 1 is 0.920 bits per heavy atom. The maximum Gasteiger partial charge on any atom is 0.164 e. The van der Waals surface area contributed by atoms with E-state index >= 15 is 0 Å². The number of nitrogen functional groups attached to an aromatic ring is 1. The summed E-state index contributed by atoms with van der Waals surface area (Å²) in [7, 11) is 0. The number of ketones is 1. The minimum Gasteiger partial charge on any atom is -0.398 e. The van der Waals surface area contributed by atoms with Crippen LogP contribution >= 0.6 is 27.7 Å². The average Bonchev–Trinajstić information content (AvgIpc) is 2.64. The molecule has 0 radical (unpaired) electrons. The van der Waals surface area contributed by atoms with Gasteiger partial charge in [-0.3, -0.25) is 4.79 Å². The number of carbonyl (C=O) groups excluding carboxylic acids is 1. The first-order valence-electron chi connectivity index (χ1n) is 7.98. The second-order valence-corrected chi connectivity index (χ2v) is 7.85. The lowest BCUT2D eigenvalue weighted by molar-refractivity contribution is 0.0982. The van der Waals surface area contributed by atoms with Crippen molar-refractivity contribution in [1.82, 2.24) is 0 Å². The maximum atomic E-state index is 12.8. The van der Waals surface area contributed by atoms with Crippen LogP contribution in [-0.4, -0.2) is 5.78 Å². The molecule has 3 aromatic carbocycles. The number of anilines is 1. The van der Waals surface area contributed by atoms with Crippen LogP contribution < -0.4 is 5.73 Å². The second-order valence-electron chi connectivity index (χ2n) is 5.69. The molecule has 0 unspecified atom stereocenters. The van der Waals surface area contributed by atoms with E-state index in [1.165, 1.54) is 0 Å². The molecule has 0 saturated carbocycles. The molecular weight excluding hydrogens is 394 g/mol. The summed E-state index contributed by atoms with van der Waals surface area (Å²) < 4.78 is 0.968. The highest BCUT2D eigenvalue weighted by molar-refractivity contribution is 9.10. The minimum atomic E-state index is 0.0158. The van der Waals surface area contributed by atoms with Gasteiger partial charge in [0.1, 0.15) is 0 Å². The first-order valence-corrected chi connectivity index (χ1v) is 9.65. The van der Waals surface area contributed by atoms with E-state index in [1.54, 1.807) is 11.8 Å². The van der Waals surface area contributed by atoms with E-state index in [4.69, 9.17) is 5.73 Å². The van der Waals surface area contributed by atoms with Crippen LogP contribution in [0.1, 0.15) is 27.6 Å². The molecule has 3 rings (SSSR count). The maximum absolute atomic E-state index is 12.8. The molecule has 1 atom stereocenters. The van der Waals surface area contributed by atoms with Gasteiger partial charge in [-0.05, 0) is 29.8 Å². The van der Waals surface area contributed by atoms with Crippen molar-refractivity contribution in [3.63, 3.8) is 0 Å². The molecule has 0 bridgehead atoms. The number of hydrogen-bond donors (Lipinski definition) is 1. The Kier molecular flexibility index (Phi) is 5.95. The molecule has 0 aliphatic carbocycles. The van der Waals surface area contributed by atoms with Gasteiger partial charge in [0.05, 0.1) is 0 Å². The van der Waals surface area contributed by atoms with Crippen LogP contribution in [0.25, 0.3) is 0 Å². The standard InChI is InChI=1S/C21H18BrNOS/c22-17-12-10-15(11-13-17)19(24)14-21(16-6-2-1-3-7-16)25-20-9-5-4-8-18(20)23/h1-13,21H,14,23H2/t21-/m0/s1. The molecule has 0 fully saturated rings. The van der Waals surface area contributed by atoms with Crippen LogP contribution in [0.15, 0.2) is 88.2 Å². The predicted molar refractivity (Wildman–Crippen MR) is 109 cm³/mol. The number of Topliss-reactive ketones (excluding diaryl/α,β-unsaturated/α-hetero) is 1. The van der Waals surface area contributed by atoms with E-state index in [0.29, 0.717) is 6.42 Å². The predicted octanol–water partition coefficient (Wildman–Crippen LogP) is 6.14. The highest BCUT2D eigenvalue weighted by Gasteiger charge is 2.19. The lowest BCUT2D eigenvalue weighted by Gasteiger charge is -2.17. The fourth-order valence-corrected chi connectivity index (χ4v) is 4.02. The van der Waals surface area contributed by atoms with Crippen molar-refractivity contribution in [3.8, 4) is 0 Å². The summed E-state index contributed by atoms with van der Waals surface area (Å²) >= 11 is 5.04. The second kappa shape index (κ2) is 8.37. The zero-order valence-corrected chi connectivity index (χ0v) is 16.0. The van der Waals surface area contributed by atoms with E-state index in [-0.39, 0.29) is 11.0 Å². The summed E-state index contributed by atoms with van der Waals surface area (Å²) in [6.07, 6.45) is 0.421. The first kappa shape index (κ1) is 17.8. The van der Waals surface area contributed by atoms with Crippen LogP contribution in [0.2, 0.25) is 0 Å². The van der Waals surface area contributed by atoms with Gasteiger partial charge in [0.15, 0.2) is 5.78 Å². The van der Waals surface area contributed by atoms with Gasteiger partial charge in [0, 0.05) is 32.3 Å². The molecule has 0 aromatic heterocycles. The van der Waals surface area contributed by atoms with E-state index in [1.807, 2.05) is 66.7 Å². The molecule has 3 aromatic rings. The number of para-hydroxylation sites is 1. The number of carbonyl (C=O) groups is 1. The highest BCUT2D eigenvalue weighted by atomic mass is 79.9. The van der Waals surface area contributed by atoms with Gasteiger partial charge in [-0.25, -0.2) is 0 Å². The van der Waals surface area contributed by atoms with Crippen LogP contribution in [-0.2, 0) is 0 Å². The average molecular weight is 412 g/mol. The molecule has 0 amide bonds. The molecule has 25 heavy (non-hydrogen) atoms. The monoisotopic (exact) mass is 411 g/mol. The van der Waals surface area contributed by atoms with Crippen molar-refractivity contribution in [1.29, 1.82) is 0 Å². The number of hydrogen-bond acceptors (Lipinski definition) is 3.